The highest BCUT2D eigenvalue weighted by Gasteiger charge is 2.16. The standard InChI is InChI=1S/C41H31N/c1-30-17-18-36-28-39(29-41(40(36)27-30)35-15-9-4-10-16-35)42(37-23-19-33(20-24-37)31-11-5-2-6-12-31)38-25-21-34(22-26-38)32-13-7-3-8-14-32/h2-29H,1H3. The fraction of sp³-hybridized carbons (Fsp3) is 0.0244. The van der Waals surface area contributed by atoms with E-state index in [9.17, 15) is 0 Å². The summed E-state index contributed by atoms with van der Waals surface area (Å²) in [5, 5.41) is 2.49. The summed E-state index contributed by atoms with van der Waals surface area (Å²) >= 11 is 0. The Morgan fingerprint density at radius 2 is 0.810 bits per heavy atom. The van der Waals surface area contributed by atoms with Crippen LogP contribution in [0.25, 0.3) is 44.2 Å². The molecule has 42 heavy (non-hydrogen) atoms. The van der Waals surface area contributed by atoms with Crippen LogP contribution in [0.3, 0.4) is 0 Å². The zero-order valence-corrected chi connectivity index (χ0v) is 23.6. The lowest BCUT2D eigenvalue weighted by Crippen LogP contribution is -2.10. The summed E-state index contributed by atoms with van der Waals surface area (Å²) in [6.07, 6.45) is 0. The van der Waals surface area contributed by atoms with Crippen molar-refractivity contribution in [1.82, 2.24) is 0 Å². The monoisotopic (exact) mass is 537 g/mol. The van der Waals surface area contributed by atoms with Crippen molar-refractivity contribution in [2.24, 2.45) is 0 Å². The van der Waals surface area contributed by atoms with Crippen LogP contribution in [0.1, 0.15) is 5.56 Å². The number of nitrogens with zero attached hydrogens (tertiary/aromatic N) is 1. The maximum Gasteiger partial charge on any atom is 0.0474 e. The van der Waals surface area contributed by atoms with E-state index in [-0.39, 0.29) is 0 Å². The SMILES string of the molecule is Cc1ccc2cc(N(c3ccc(-c4ccccc4)cc3)c3ccc(-c4ccccc4)cc3)cc(-c3ccccc3)c2c1. The Bertz CT molecular complexity index is 1860. The molecule has 0 atom stereocenters. The molecule has 7 aromatic carbocycles. The van der Waals surface area contributed by atoms with Crippen LogP contribution < -0.4 is 4.90 Å². The van der Waals surface area contributed by atoms with Crippen LogP contribution in [0.4, 0.5) is 17.1 Å². The molecular formula is C41H31N. The van der Waals surface area contributed by atoms with E-state index >= 15 is 0 Å². The normalized spacial score (nSPS) is 11.0. The minimum absolute atomic E-state index is 1.12. The first-order valence-electron chi connectivity index (χ1n) is 14.4. The molecule has 7 rings (SSSR count). The second-order valence-corrected chi connectivity index (χ2v) is 10.7. The summed E-state index contributed by atoms with van der Waals surface area (Å²) in [6.45, 7) is 2.16. The number of rotatable bonds is 6. The Morgan fingerprint density at radius 1 is 0.357 bits per heavy atom. The number of benzene rings is 7. The zero-order chi connectivity index (χ0) is 28.3. The van der Waals surface area contributed by atoms with E-state index < -0.39 is 0 Å². The molecule has 0 saturated carbocycles. The first kappa shape index (κ1) is 25.6. The molecule has 0 fully saturated rings. The van der Waals surface area contributed by atoms with Crippen molar-refractivity contribution in [3.63, 3.8) is 0 Å². The molecule has 1 heteroatoms. The van der Waals surface area contributed by atoms with Gasteiger partial charge in [0.15, 0.2) is 0 Å². The average Bonchev–Trinajstić information content (AvgIpc) is 3.06. The molecule has 0 aromatic heterocycles. The quantitative estimate of drug-likeness (QED) is 0.204. The third-order valence-electron chi connectivity index (χ3n) is 7.90. The molecule has 0 aliphatic rings. The smallest absolute Gasteiger partial charge is 0.0474 e. The van der Waals surface area contributed by atoms with Crippen LogP contribution in [0.5, 0.6) is 0 Å². The van der Waals surface area contributed by atoms with Gasteiger partial charge in [0.25, 0.3) is 0 Å². The minimum Gasteiger partial charge on any atom is -0.310 e. The van der Waals surface area contributed by atoms with Crippen molar-refractivity contribution in [3.8, 4) is 33.4 Å². The topological polar surface area (TPSA) is 3.24 Å². The molecule has 0 unspecified atom stereocenters. The summed E-state index contributed by atoms with van der Waals surface area (Å²) in [7, 11) is 0. The minimum atomic E-state index is 1.12. The number of aryl methyl sites for hydroxylation is 1. The Morgan fingerprint density at radius 3 is 1.31 bits per heavy atom. The molecule has 1 nitrogen and oxygen atoms in total. The van der Waals surface area contributed by atoms with Crippen molar-refractivity contribution in [1.29, 1.82) is 0 Å². The summed E-state index contributed by atoms with van der Waals surface area (Å²) < 4.78 is 0. The zero-order valence-electron chi connectivity index (χ0n) is 23.6. The second kappa shape index (κ2) is 11.2. The first-order chi connectivity index (χ1) is 20.7. The maximum absolute atomic E-state index is 2.37. The van der Waals surface area contributed by atoms with Gasteiger partial charge in [0.05, 0.1) is 0 Å². The molecule has 0 heterocycles. The van der Waals surface area contributed by atoms with Crippen molar-refractivity contribution in [3.05, 3.63) is 175 Å². The second-order valence-electron chi connectivity index (χ2n) is 10.7. The van der Waals surface area contributed by atoms with Crippen LogP contribution in [0, 0.1) is 6.92 Å². The molecule has 0 N–H and O–H groups in total. The third kappa shape index (κ3) is 5.09. The molecule has 0 spiro atoms. The molecule has 0 bridgehead atoms. The van der Waals surface area contributed by atoms with Gasteiger partial charge in [-0.25, -0.2) is 0 Å². The van der Waals surface area contributed by atoms with Gasteiger partial charge in [0.1, 0.15) is 0 Å². The van der Waals surface area contributed by atoms with Gasteiger partial charge in [0, 0.05) is 17.1 Å². The van der Waals surface area contributed by atoms with Crippen molar-refractivity contribution in [2.45, 2.75) is 6.92 Å². The van der Waals surface area contributed by atoms with Crippen molar-refractivity contribution in [2.75, 3.05) is 4.90 Å². The van der Waals surface area contributed by atoms with Crippen molar-refractivity contribution < 1.29 is 0 Å². The van der Waals surface area contributed by atoms with Gasteiger partial charge < -0.3 is 4.90 Å². The largest absolute Gasteiger partial charge is 0.310 e. The Balaban J connectivity index is 1.40. The first-order valence-corrected chi connectivity index (χ1v) is 14.4. The van der Waals surface area contributed by atoms with Crippen LogP contribution in [-0.2, 0) is 0 Å². The van der Waals surface area contributed by atoms with Crippen molar-refractivity contribution >= 4 is 27.8 Å². The van der Waals surface area contributed by atoms with E-state index in [1.807, 2.05) is 0 Å². The maximum atomic E-state index is 2.37. The summed E-state index contributed by atoms with van der Waals surface area (Å²) in [4.78, 5) is 2.37. The molecule has 0 radical (unpaired) electrons. The van der Waals surface area contributed by atoms with E-state index in [0.29, 0.717) is 0 Å². The fourth-order valence-electron chi connectivity index (χ4n) is 5.76. The van der Waals surface area contributed by atoms with E-state index in [4.69, 9.17) is 0 Å². The lowest BCUT2D eigenvalue weighted by Gasteiger charge is -2.27. The Labute approximate surface area is 248 Å². The van der Waals surface area contributed by atoms with Gasteiger partial charge in [-0.3, -0.25) is 0 Å². The number of fused-ring (bicyclic) bond motifs is 1. The van der Waals surface area contributed by atoms with E-state index in [2.05, 4.69) is 182 Å². The molecule has 0 amide bonds. The van der Waals surface area contributed by atoms with E-state index in [0.717, 1.165) is 17.1 Å². The highest BCUT2D eigenvalue weighted by Crippen LogP contribution is 2.41. The van der Waals surface area contributed by atoms with Gasteiger partial charge in [-0.15, -0.1) is 0 Å². The van der Waals surface area contributed by atoms with E-state index in [1.165, 1.54) is 49.7 Å². The molecular weight excluding hydrogens is 506 g/mol. The molecule has 0 aliphatic heterocycles. The molecule has 0 saturated heterocycles. The Hall–Kier alpha value is -5.40. The predicted octanol–water partition coefficient (Wildman–Crippen LogP) is 11.6. The fourth-order valence-corrected chi connectivity index (χ4v) is 5.76. The summed E-state index contributed by atoms with van der Waals surface area (Å²) in [6, 6.07) is 61.0. The van der Waals surface area contributed by atoms with Gasteiger partial charge >= 0.3 is 0 Å². The van der Waals surface area contributed by atoms with Crippen LogP contribution in [-0.4, -0.2) is 0 Å². The number of hydrogen-bond donors (Lipinski definition) is 0. The third-order valence-corrected chi connectivity index (χ3v) is 7.90. The lowest BCUT2D eigenvalue weighted by molar-refractivity contribution is 1.29. The Kier molecular flexibility index (Phi) is 6.84. The number of anilines is 3. The molecule has 0 aliphatic carbocycles. The van der Waals surface area contributed by atoms with Gasteiger partial charge in [-0.05, 0) is 87.5 Å². The predicted molar refractivity (Wildman–Crippen MR) is 180 cm³/mol. The van der Waals surface area contributed by atoms with E-state index in [1.54, 1.807) is 0 Å². The van der Waals surface area contributed by atoms with Crippen LogP contribution in [0.2, 0.25) is 0 Å². The van der Waals surface area contributed by atoms with Gasteiger partial charge in [-0.2, -0.15) is 0 Å². The summed E-state index contributed by atoms with van der Waals surface area (Å²) in [5.41, 5.74) is 11.9. The lowest BCUT2D eigenvalue weighted by atomic mass is 9.95. The highest BCUT2D eigenvalue weighted by molar-refractivity contribution is 6.01. The van der Waals surface area contributed by atoms with Gasteiger partial charge in [-0.1, -0.05) is 139 Å². The highest BCUT2D eigenvalue weighted by atomic mass is 15.1. The van der Waals surface area contributed by atoms with Gasteiger partial charge in [0.2, 0.25) is 0 Å². The van der Waals surface area contributed by atoms with Crippen LogP contribution >= 0.6 is 0 Å². The van der Waals surface area contributed by atoms with Crippen LogP contribution in [0.15, 0.2) is 170 Å². The number of hydrogen-bond acceptors (Lipinski definition) is 1. The molecule has 7 aromatic rings. The average molecular weight is 538 g/mol. The molecule has 200 valence electrons. The summed E-state index contributed by atoms with van der Waals surface area (Å²) in [5.74, 6) is 0.